The molecule has 3 N–H and O–H groups in total. The lowest BCUT2D eigenvalue weighted by atomic mass is 10.2. The number of hydrogen-bond donors (Lipinski definition) is 3. The number of nitrogens with one attached hydrogen (secondary N) is 3. The van der Waals surface area contributed by atoms with Crippen LogP contribution in [-0.2, 0) is 18.2 Å². The molecule has 0 unspecified atom stereocenters. The second-order valence-electron chi connectivity index (χ2n) is 4.67. The number of thiophene rings is 1. The molecule has 128 valence electrons. The van der Waals surface area contributed by atoms with Crippen LogP contribution in [0.25, 0.3) is 0 Å². The van der Waals surface area contributed by atoms with Gasteiger partial charge in [-0.2, -0.15) is 5.10 Å². The maximum atomic E-state index is 12.0. The third-order valence-electron chi connectivity index (χ3n) is 3.11. The van der Waals surface area contributed by atoms with E-state index in [0.29, 0.717) is 16.3 Å². The van der Waals surface area contributed by atoms with E-state index in [4.69, 9.17) is 17.0 Å². The van der Waals surface area contributed by atoms with E-state index < -0.39 is 5.97 Å². The van der Waals surface area contributed by atoms with E-state index in [1.54, 1.807) is 19.2 Å². The van der Waals surface area contributed by atoms with Gasteiger partial charge < -0.3 is 10.1 Å². The summed E-state index contributed by atoms with van der Waals surface area (Å²) >= 11 is 6.54. The summed E-state index contributed by atoms with van der Waals surface area (Å²) in [6.07, 6.45) is 2.31. The first-order valence-corrected chi connectivity index (χ1v) is 8.25. The quantitative estimate of drug-likeness (QED) is 0.428. The monoisotopic (exact) mass is 367 g/mol. The van der Waals surface area contributed by atoms with Crippen LogP contribution in [0.5, 0.6) is 0 Å². The Kier molecular flexibility index (Phi) is 5.88. The van der Waals surface area contributed by atoms with E-state index in [9.17, 15) is 9.59 Å². The SMILES string of the molecule is CCc1cc(C(=O)OC)c(NC(=S)NNC(=O)c2ccnn2C)s1. The van der Waals surface area contributed by atoms with Crippen molar-refractivity contribution in [2.45, 2.75) is 13.3 Å². The molecule has 0 saturated carbocycles. The number of rotatable bonds is 4. The predicted molar refractivity (Wildman–Crippen MR) is 95.1 cm³/mol. The highest BCUT2D eigenvalue weighted by atomic mass is 32.1. The van der Waals surface area contributed by atoms with Crippen molar-refractivity contribution < 1.29 is 14.3 Å². The molecule has 8 nitrogen and oxygen atoms in total. The molecule has 1 amide bonds. The molecule has 0 saturated heterocycles. The van der Waals surface area contributed by atoms with E-state index in [0.717, 1.165) is 11.3 Å². The number of carbonyl (C=O) groups is 2. The van der Waals surface area contributed by atoms with Gasteiger partial charge in [-0.1, -0.05) is 6.92 Å². The Hall–Kier alpha value is -2.46. The van der Waals surface area contributed by atoms with Gasteiger partial charge in [-0.05, 0) is 30.8 Å². The van der Waals surface area contributed by atoms with Crippen molar-refractivity contribution in [1.29, 1.82) is 0 Å². The summed E-state index contributed by atoms with van der Waals surface area (Å²) in [6, 6.07) is 3.34. The van der Waals surface area contributed by atoms with E-state index in [2.05, 4.69) is 21.3 Å². The summed E-state index contributed by atoms with van der Waals surface area (Å²) in [7, 11) is 2.98. The predicted octanol–water partition coefficient (Wildman–Crippen LogP) is 1.46. The summed E-state index contributed by atoms with van der Waals surface area (Å²) in [5.74, 6) is -0.831. The summed E-state index contributed by atoms with van der Waals surface area (Å²) < 4.78 is 6.20. The van der Waals surface area contributed by atoms with E-state index in [-0.39, 0.29) is 11.0 Å². The van der Waals surface area contributed by atoms with Crippen molar-refractivity contribution in [3.05, 3.63) is 34.5 Å². The zero-order valence-corrected chi connectivity index (χ0v) is 15.0. The number of anilines is 1. The van der Waals surface area contributed by atoms with Gasteiger partial charge in [0.05, 0.1) is 12.7 Å². The lowest BCUT2D eigenvalue weighted by Crippen LogP contribution is -2.44. The maximum absolute atomic E-state index is 12.0. The van der Waals surface area contributed by atoms with Crippen LogP contribution < -0.4 is 16.2 Å². The van der Waals surface area contributed by atoms with Crippen LogP contribution in [0, 0.1) is 0 Å². The maximum Gasteiger partial charge on any atom is 0.340 e. The second-order valence-corrected chi connectivity index (χ2v) is 6.22. The largest absolute Gasteiger partial charge is 0.465 e. The lowest BCUT2D eigenvalue weighted by molar-refractivity contribution is 0.0602. The lowest BCUT2D eigenvalue weighted by Gasteiger charge is -2.11. The number of amides is 1. The molecule has 0 radical (unpaired) electrons. The fraction of sp³-hybridized carbons (Fsp3) is 0.286. The van der Waals surface area contributed by atoms with Gasteiger partial charge in [0.15, 0.2) is 5.11 Å². The minimum Gasteiger partial charge on any atom is -0.465 e. The molecule has 0 fully saturated rings. The van der Waals surface area contributed by atoms with E-state index in [1.807, 2.05) is 6.92 Å². The molecule has 10 heteroatoms. The molecule has 0 bridgehead atoms. The number of thiocarbonyl (C=S) groups is 1. The number of aryl methyl sites for hydroxylation is 2. The number of carbonyl (C=O) groups excluding carboxylic acids is 2. The second kappa shape index (κ2) is 7.88. The Morgan fingerprint density at radius 1 is 1.42 bits per heavy atom. The average molecular weight is 367 g/mol. The first-order valence-electron chi connectivity index (χ1n) is 7.02. The number of hydrogen-bond acceptors (Lipinski definition) is 6. The van der Waals surface area contributed by atoms with Crippen LogP contribution >= 0.6 is 23.6 Å². The summed E-state index contributed by atoms with van der Waals surface area (Å²) in [6.45, 7) is 1.99. The van der Waals surface area contributed by atoms with Crippen molar-refractivity contribution in [3.8, 4) is 0 Å². The van der Waals surface area contributed by atoms with Gasteiger partial charge in [0.2, 0.25) is 0 Å². The van der Waals surface area contributed by atoms with Gasteiger partial charge in [0, 0.05) is 18.1 Å². The van der Waals surface area contributed by atoms with Crippen molar-refractivity contribution in [2.75, 3.05) is 12.4 Å². The Bertz CT molecular complexity index is 768. The number of nitrogens with zero attached hydrogens (tertiary/aromatic N) is 2. The van der Waals surface area contributed by atoms with Crippen LogP contribution in [0.2, 0.25) is 0 Å². The van der Waals surface area contributed by atoms with Crippen molar-refractivity contribution in [2.24, 2.45) is 7.05 Å². The molecular formula is C14H17N5O3S2. The van der Waals surface area contributed by atoms with Gasteiger partial charge in [0.25, 0.3) is 5.91 Å². The standard InChI is InChI=1S/C14H17N5O3S2/c1-4-8-7-9(13(21)22-3)12(24-8)16-14(23)18-17-11(20)10-5-6-15-19(10)2/h5-7H,4H2,1-3H3,(H,17,20)(H2,16,18,23). The van der Waals surface area contributed by atoms with E-state index >= 15 is 0 Å². The van der Waals surface area contributed by atoms with Gasteiger partial charge in [0.1, 0.15) is 10.7 Å². The molecule has 2 heterocycles. The van der Waals surface area contributed by atoms with Crippen molar-refractivity contribution >= 4 is 45.5 Å². The third kappa shape index (κ3) is 4.09. The molecule has 2 aromatic rings. The highest BCUT2D eigenvalue weighted by molar-refractivity contribution is 7.80. The number of esters is 1. The fourth-order valence-electron chi connectivity index (χ4n) is 1.88. The van der Waals surface area contributed by atoms with Crippen LogP contribution in [0.4, 0.5) is 5.00 Å². The summed E-state index contributed by atoms with van der Waals surface area (Å²) in [5, 5.41) is 7.53. The topological polar surface area (TPSA) is 97.3 Å². The molecule has 2 aromatic heterocycles. The minimum atomic E-state index is -0.449. The first-order chi connectivity index (χ1) is 11.5. The molecule has 0 aromatic carbocycles. The Morgan fingerprint density at radius 3 is 2.75 bits per heavy atom. The molecular weight excluding hydrogens is 350 g/mol. The van der Waals surface area contributed by atoms with Crippen molar-refractivity contribution in [1.82, 2.24) is 20.6 Å². The normalized spacial score (nSPS) is 10.1. The molecule has 0 spiro atoms. The van der Waals surface area contributed by atoms with Crippen LogP contribution in [-0.4, -0.2) is 33.9 Å². The van der Waals surface area contributed by atoms with Crippen molar-refractivity contribution in [3.63, 3.8) is 0 Å². The number of methoxy groups -OCH3 is 1. The summed E-state index contributed by atoms with van der Waals surface area (Å²) in [4.78, 5) is 24.8. The molecule has 0 atom stereocenters. The molecule has 24 heavy (non-hydrogen) atoms. The number of hydrazine groups is 1. The van der Waals surface area contributed by atoms with Crippen LogP contribution in [0.3, 0.4) is 0 Å². The van der Waals surface area contributed by atoms with Gasteiger partial charge in [-0.25, -0.2) is 4.79 Å². The van der Waals surface area contributed by atoms with E-state index in [1.165, 1.54) is 29.3 Å². The zero-order valence-electron chi connectivity index (χ0n) is 13.4. The molecule has 0 aliphatic rings. The first kappa shape index (κ1) is 17.9. The minimum absolute atomic E-state index is 0.153. The Labute approximate surface area is 148 Å². The highest BCUT2D eigenvalue weighted by Gasteiger charge is 2.17. The zero-order chi connectivity index (χ0) is 17.7. The molecule has 0 aliphatic carbocycles. The van der Waals surface area contributed by atoms with Gasteiger partial charge >= 0.3 is 5.97 Å². The van der Waals surface area contributed by atoms with Gasteiger partial charge in [-0.15, -0.1) is 11.3 Å². The smallest absolute Gasteiger partial charge is 0.340 e. The average Bonchev–Trinajstić information content (AvgIpc) is 3.18. The highest BCUT2D eigenvalue weighted by Crippen LogP contribution is 2.29. The Morgan fingerprint density at radius 2 is 2.17 bits per heavy atom. The number of aromatic nitrogens is 2. The third-order valence-corrected chi connectivity index (χ3v) is 4.51. The molecule has 0 aliphatic heterocycles. The fourth-order valence-corrected chi connectivity index (χ4v) is 3.09. The van der Waals surface area contributed by atoms with Gasteiger partial charge in [-0.3, -0.25) is 20.3 Å². The van der Waals surface area contributed by atoms with Crippen LogP contribution in [0.1, 0.15) is 32.6 Å². The summed E-state index contributed by atoms with van der Waals surface area (Å²) in [5.41, 5.74) is 5.84. The number of ether oxygens (including phenoxy) is 1. The molecule has 2 rings (SSSR count). The van der Waals surface area contributed by atoms with Crippen LogP contribution in [0.15, 0.2) is 18.3 Å². The Balaban J connectivity index is 2.00.